The van der Waals surface area contributed by atoms with E-state index in [1.807, 2.05) is 13.8 Å². The second-order valence-electron chi connectivity index (χ2n) is 3.98. The zero-order chi connectivity index (χ0) is 13.4. The molecule has 0 aromatic heterocycles. The molecule has 0 spiro atoms. The van der Waals surface area contributed by atoms with Crippen molar-refractivity contribution in [3.63, 3.8) is 0 Å². The van der Waals surface area contributed by atoms with Crippen molar-refractivity contribution in [3.8, 4) is 0 Å². The number of carbonyl (C=O) groups is 2. The molecule has 0 bridgehead atoms. The predicted octanol–water partition coefficient (Wildman–Crippen LogP) is 0.952. The lowest BCUT2D eigenvalue weighted by molar-refractivity contribution is -0.192. The molecule has 98 valence electrons. The molecule has 0 aromatic carbocycles. The van der Waals surface area contributed by atoms with Crippen LogP contribution in [-0.4, -0.2) is 42.6 Å². The Morgan fingerprint density at radius 2 is 2.18 bits per heavy atom. The van der Waals surface area contributed by atoms with Crippen LogP contribution in [0.25, 0.3) is 0 Å². The summed E-state index contributed by atoms with van der Waals surface area (Å²) in [5, 5.41) is 9.50. The smallest absolute Gasteiger partial charge is 0.293 e. The molecular formula is C11H19NO5. The van der Waals surface area contributed by atoms with Gasteiger partial charge in [-0.2, -0.15) is 5.06 Å². The second-order valence-corrected chi connectivity index (χ2v) is 3.98. The normalized spacial score (nSPS) is 18.7. The Labute approximate surface area is 101 Å². The lowest BCUT2D eigenvalue weighted by atomic mass is 10.2. The van der Waals surface area contributed by atoms with E-state index in [-0.39, 0.29) is 0 Å². The summed E-state index contributed by atoms with van der Waals surface area (Å²) in [6, 6.07) is 0. The van der Waals surface area contributed by atoms with Crippen molar-refractivity contribution in [3.05, 3.63) is 11.6 Å². The van der Waals surface area contributed by atoms with E-state index in [4.69, 9.17) is 9.94 Å². The van der Waals surface area contributed by atoms with Gasteiger partial charge in [0.25, 0.3) is 12.4 Å². The van der Waals surface area contributed by atoms with Crippen molar-refractivity contribution in [2.75, 3.05) is 13.7 Å². The van der Waals surface area contributed by atoms with Crippen LogP contribution >= 0.6 is 0 Å². The average molecular weight is 245 g/mol. The second kappa shape index (κ2) is 7.81. The van der Waals surface area contributed by atoms with Gasteiger partial charge >= 0.3 is 0 Å². The first-order valence-electron chi connectivity index (χ1n) is 5.22. The minimum Gasteiger partial charge on any atom is -0.468 e. The molecule has 0 fully saturated rings. The molecule has 0 saturated heterocycles. The van der Waals surface area contributed by atoms with Crippen molar-refractivity contribution in [2.45, 2.75) is 27.0 Å². The molecule has 1 atom stereocenters. The number of methoxy groups -OCH3 is 1. The highest BCUT2D eigenvalue weighted by atomic mass is 16.6. The van der Waals surface area contributed by atoms with Gasteiger partial charge in [-0.3, -0.25) is 14.8 Å². The van der Waals surface area contributed by atoms with Crippen LogP contribution < -0.4 is 0 Å². The van der Waals surface area contributed by atoms with Crippen LogP contribution in [0.2, 0.25) is 0 Å². The van der Waals surface area contributed by atoms with Gasteiger partial charge in [0.1, 0.15) is 0 Å². The predicted molar refractivity (Wildman–Crippen MR) is 60.0 cm³/mol. The first kappa shape index (κ1) is 15.6. The van der Waals surface area contributed by atoms with Crippen LogP contribution in [0.3, 0.4) is 0 Å². The van der Waals surface area contributed by atoms with Gasteiger partial charge in [0.05, 0.1) is 6.61 Å². The molecule has 17 heavy (non-hydrogen) atoms. The molecule has 6 nitrogen and oxygen atoms in total. The molecule has 1 heterocycles. The largest absolute Gasteiger partial charge is 0.468 e. The molecule has 1 unspecified atom stereocenters. The van der Waals surface area contributed by atoms with Crippen LogP contribution in [0.5, 0.6) is 0 Å². The van der Waals surface area contributed by atoms with Gasteiger partial charge in [-0.25, -0.2) is 0 Å². The zero-order valence-electron chi connectivity index (χ0n) is 10.5. The van der Waals surface area contributed by atoms with E-state index < -0.39 is 12.1 Å². The van der Waals surface area contributed by atoms with Crippen molar-refractivity contribution >= 4 is 12.4 Å². The lowest BCUT2D eigenvalue weighted by Crippen LogP contribution is -2.32. The highest BCUT2D eigenvalue weighted by Crippen LogP contribution is 2.16. The van der Waals surface area contributed by atoms with Crippen LogP contribution in [0, 0.1) is 5.92 Å². The third kappa shape index (κ3) is 5.46. The Balaban J connectivity index is 0.000000325. The Hall–Kier alpha value is -1.40. The molecule has 0 aromatic rings. The number of carbonyl (C=O) groups excluding carboxylic acids is 2. The van der Waals surface area contributed by atoms with E-state index in [1.54, 1.807) is 6.92 Å². The number of nitrogens with zero attached hydrogens (tertiary/aromatic N) is 1. The number of hydrogen-bond acceptors (Lipinski definition) is 5. The molecule has 1 rings (SSSR count). The minimum absolute atomic E-state index is 0.427. The maximum atomic E-state index is 10.7. The Bertz CT molecular complexity index is 288. The molecule has 6 heteroatoms. The number of hydrogen-bond donors (Lipinski definition) is 1. The molecule has 0 aliphatic carbocycles. The van der Waals surface area contributed by atoms with E-state index in [0.717, 1.165) is 5.57 Å². The highest BCUT2D eigenvalue weighted by Gasteiger charge is 2.28. The third-order valence-corrected chi connectivity index (χ3v) is 1.91. The van der Waals surface area contributed by atoms with Gasteiger partial charge < -0.3 is 9.47 Å². The molecule has 1 amide bonds. The SMILES string of the molecule is CC(C)COC=O.COC1C(C)=CC(=O)N1O. The standard InChI is InChI=1S/C6H9NO3.C5H10O2/c1-4-3-5(8)7(9)6(4)10-2;1-5(2)3-7-4-6/h3,6,9H,1-2H3;4-5H,3H2,1-2H3. The topological polar surface area (TPSA) is 76.1 Å². The molecule has 0 saturated carbocycles. The molecular weight excluding hydrogens is 226 g/mol. The summed E-state index contributed by atoms with van der Waals surface area (Å²) < 4.78 is 9.21. The summed E-state index contributed by atoms with van der Waals surface area (Å²) in [5.41, 5.74) is 0.718. The molecule has 1 aliphatic heterocycles. The van der Waals surface area contributed by atoms with Gasteiger partial charge in [-0.05, 0) is 18.4 Å². The first-order chi connectivity index (χ1) is 7.93. The maximum Gasteiger partial charge on any atom is 0.293 e. The molecule has 0 radical (unpaired) electrons. The average Bonchev–Trinajstić information content (AvgIpc) is 2.51. The fourth-order valence-electron chi connectivity index (χ4n) is 1.16. The van der Waals surface area contributed by atoms with E-state index in [1.165, 1.54) is 13.2 Å². The first-order valence-corrected chi connectivity index (χ1v) is 5.22. The summed E-state index contributed by atoms with van der Waals surface area (Å²) in [6.07, 6.45) is 0.751. The van der Waals surface area contributed by atoms with Gasteiger partial charge in [0.2, 0.25) is 0 Å². The Morgan fingerprint density at radius 3 is 2.35 bits per heavy atom. The fourth-order valence-corrected chi connectivity index (χ4v) is 1.16. The summed E-state index contributed by atoms with van der Waals surface area (Å²) >= 11 is 0. The Kier molecular flexibility index (Phi) is 7.16. The van der Waals surface area contributed by atoms with Crippen LogP contribution in [0.1, 0.15) is 20.8 Å². The highest BCUT2D eigenvalue weighted by molar-refractivity contribution is 5.90. The van der Waals surface area contributed by atoms with Gasteiger partial charge in [-0.1, -0.05) is 13.8 Å². The number of hydroxylamine groups is 2. The summed E-state index contributed by atoms with van der Waals surface area (Å²) in [5.74, 6) is 0.0227. The van der Waals surface area contributed by atoms with Gasteiger partial charge in [-0.15, -0.1) is 0 Å². The van der Waals surface area contributed by atoms with Crippen LogP contribution in [-0.2, 0) is 19.1 Å². The fraction of sp³-hybridized carbons (Fsp3) is 0.636. The summed E-state index contributed by atoms with van der Waals surface area (Å²) in [7, 11) is 1.43. The third-order valence-electron chi connectivity index (χ3n) is 1.91. The lowest BCUT2D eigenvalue weighted by Gasteiger charge is -2.17. The monoisotopic (exact) mass is 245 g/mol. The quantitative estimate of drug-likeness (QED) is 0.589. The van der Waals surface area contributed by atoms with Crippen molar-refractivity contribution in [2.24, 2.45) is 5.92 Å². The van der Waals surface area contributed by atoms with E-state index >= 15 is 0 Å². The Morgan fingerprint density at radius 1 is 1.59 bits per heavy atom. The van der Waals surface area contributed by atoms with Crippen LogP contribution in [0.4, 0.5) is 0 Å². The summed E-state index contributed by atoms with van der Waals surface area (Å²) in [6.45, 7) is 6.71. The van der Waals surface area contributed by atoms with E-state index in [9.17, 15) is 9.59 Å². The van der Waals surface area contributed by atoms with Crippen molar-refractivity contribution < 1.29 is 24.3 Å². The molecule has 1 N–H and O–H groups in total. The van der Waals surface area contributed by atoms with Gasteiger partial charge in [0, 0.05) is 13.2 Å². The number of rotatable bonds is 4. The van der Waals surface area contributed by atoms with E-state index in [2.05, 4.69) is 4.74 Å². The van der Waals surface area contributed by atoms with Crippen LogP contribution in [0.15, 0.2) is 11.6 Å². The minimum atomic E-state index is -0.590. The van der Waals surface area contributed by atoms with E-state index in [0.29, 0.717) is 24.1 Å². The molecule has 1 aliphatic rings. The van der Waals surface area contributed by atoms with Crippen molar-refractivity contribution in [1.82, 2.24) is 5.06 Å². The maximum absolute atomic E-state index is 10.7. The van der Waals surface area contributed by atoms with Gasteiger partial charge in [0.15, 0.2) is 6.23 Å². The van der Waals surface area contributed by atoms with Crippen molar-refractivity contribution in [1.29, 1.82) is 0 Å². The number of amides is 1. The number of ether oxygens (including phenoxy) is 2. The zero-order valence-corrected chi connectivity index (χ0v) is 10.5. The summed E-state index contributed by atoms with van der Waals surface area (Å²) in [4.78, 5) is 20.2.